The second-order valence-electron chi connectivity index (χ2n) is 8.72. The fourth-order valence-electron chi connectivity index (χ4n) is 3.60. The van der Waals surface area contributed by atoms with Crippen molar-refractivity contribution in [3.8, 4) is 0 Å². The minimum atomic E-state index is 0.0000839. The average molecular weight is 369 g/mol. The molecule has 0 radical (unpaired) electrons. The Morgan fingerprint density at radius 1 is 0.654 bits per heavy atom. The first kappa shape index (κ1) is 25.5. The van der Waals surface area contributed by atoms with Crippen molar-refractivity contribution in [3.05, 3.63) is 0 Å². The van der Waals surface area contributed by atoms with Crippen LogP contribution in [0, 0.1) is 11.8 Å². The van der Waals surface area contributed by atoms with Crippen LogP contribution in [0.1, 0.15) is 131 Å². The van der Waals surface area contributed by atoms with Crippen LogP contribution in [0.2, 0.25) is 0 Å². The molecule has 0 bridgehead atoms. The van der Waals surface area contributed by atoms with Gasteiger partial charge in [0.25, 0.3) is 0 Å². The highest BCUT2D eigenvalue weighted by Gasteiger charge is 2.23. The van der Waals surface area contributed by atoms with E-state index >= 15 is 0 Å². The van der Waals surface area contributed by atoms with Crippen molar-refractivity contribution in [2.24, 2.45) is 11.8 Å². The Morgan fingerprint density at radius 2 is 1.04 bits per heavy atom. The van der Waals surface area contributed by atoms with Crippen molar-refractivity contribution in [2.45, 2.75) is 137 Å². The highest BCUT2D eigenvalue weighted by molar-refractivity contribution is 5.72. The van der Waals surface area contributed by atoms with Gasteiger partial charge >= 0.3 is 5.97 Å². The lowest BCUT2D eigenvalue weighted by atomic mass is 9.90. The van der Waals surface area contributed by atoms with Gasteiger partial charge in [-0.2, -0.15) is 0 Å². The first-order valence-electron chi connectivity index (χ1n) is 11.7. The van der Waals surface area contributed by atoms with Crippen LogP contribution < -0.4 is 0 Å². The monoisotopic (exact) mass is 368 g/mol. The number of esters is 1. The lowest BCUT2D eigenvalue weighted by molar-refractivity contribution is -0.154. The summed E-state index contributed by atoms with van der Waals surface area (Å²) in [6.07, 6.45) is 20.2. The molecule has 0 aliphatic carbocycles. The molecule has 2 heteroatoms. The van der Waals surface area contributed by atoms with Gasteiger partial charge in [-0.3, -0.25) is 4.79 Å². The summed E-state index contributed by atoms with van der Waals surface area (Å²) in [5, 5.41) is 0. The summed E-state index contributed by atoms with van der Waals surface area (Å²) in [5.41, 5.74) is 0. The van der Waals surface area contributed by atoms with Crippen molar-refractivity contribution in [3.63, 3.8) is 0 Å². The summed E-state index contributed by atoms with van der Waals surface area (Å²) < 4.78 is 5.40. The van der Waals surface area contributed by atoms with Crippen LogP contribution in [-0.4, -0.2) is 12.1 Å². The number of rotatable bonds is 18. The summed E-state index contributed by atoms with van der Waals surface area (Å²) in [4.78, 5) is 12.1. The Labute approximate surface area is 164 Å². The zero-order valence-corrected chi connectivity index (χ0v) is 18.7. The molecule has 0 aromatic heterocycles. The lowest BCUT2D eigenvalue weighted by Crippen LogP contribution is -2.25. The highest BCUT2D eigenvalue weighted by atomic mass is 16.5. The molecule has 0 amide bonds. The minimum Gasteiger partial charge on any atom is -0.463 e. The second-order valence-corrected chi connectivity index (χ2v) is 8.72. The molecule has 0 aliphatic heterocycles. The van der Waals surface area contributed by atoms with Gasteiger partial charge in [0.05, 0.1) is 12.0 Å². The van der Waals surface area contributed by atoms with E-state index in [9.17, 15) is 4.79 Å². The predicted molar refractivity (Wildman–Crippen MR) is 114 cm³/mol. The van der Waals surface area contributed by atoms with Crippen LogP contribution in [0.5, 0.6) is 0 Å². The standard InChI is InChI=1S/C24H48O2/c1-6-7-8-9-10-11-12-13-14-15-16-17-18-19-20-23(21(2)3)24(25)26-22(4)5/h21-23H,6-20H2,1-5H3. The Bertz CT molecular complexity index is 309. The fraction of sp³-hybridized carbons (Fsp3) is 0.958. The predicted octanol–water partition coefficient (Wildman–Crippen LogP) is 8.08. The molecule has 0 aliphatic rings. The van der Waals surface area contributed by atoms with Gasteiger partial charge < -0.3 is 4.74 Å². The third-order valence-electron chi connectivity index (χ3n) is 5.33. The molecule has 1 unspecified atom stereocenters. The number of ether oxygens (including phenoxy) is 1. The van der Waals surface area contributed by atoms with Crippen LogP contribution in [0.4, 0.5) is 0 Å². The van der Waals surface area contributed by atoms with Gasteiger partial charge in [0.1, 0.15) is 0 Å². The third kappa shape index (κ3) is 15.7. The lowest BCUT2D eigenvalue weighted by Gasteiger charge is -2.20. The van der Waals surface area contributed by atoms with E-state index in [-0.39, 0.29) is 18.0 Å². The maximum absolute atomic E-state index is 12.1. The normalized spacial score (nSPS) is 12.7. The van der Waals surface area contributed by atoms with Crippen LogP contribution in [0.15, 0.2) is 0 Å². The van der Waals surface area contributed by atoms with Crippen molar-refractivity contribution in [1.29, 1.82) is 0 Å². The van der Waals surface area contributed by atoms with E-state index in [0.717, 1.165) is 12.8 Å². The Balaban J connectivity index is 3.47. The molecular weight excluding hydrogens is 320 g/mol. The van der Waals surface area contributed by atoms with Crippen molar-refractivity contribution < 1.29 is 9.53 Å². The van der Waals surface area contributed by atoms with Gasteiger partial charge in [0.15, 0.2) is 0 Å². The SMILES string of the molecule is CCCCCCCCCCCCCCCCC(C(=O)OC(C)C)C(C)C. The first-order valence-corrected chi connectivity index (χ1v) is 11.7. The van der Waals surface area contributed by atoms with E-state index in [2.05, 4.69) is 20.8 Å². The molecule has 0 aromatic rings. The molecule has 0 aromatic carbocycles. The molecule has 0 rings (SSSR count). The molecule has 26 heavy (non-hydrogen) atoms. The Kier molecular flexibility index (Phi) is 17.5. The summed E-state index contributed by atoms with van der Waals surface area (Å²) in [6.45, 7) is 10.4. The van der Waals surface area contributed by atoms with E-state index in [1.165, 1.54) is 83.5 Å². The topological polar surface area (TPSA) is 26.3 Å². The van der Waals surface area contributed by atoms with Crippen LogP contribution in [0.3, 0.4) is 0 Å². The maximum Gasteiger partial charge on any atom is 0.309 e. The van der Waals surface area contributed by atoms with Crippen LogP contribution >= 0.6 is 0 Å². The van der Waals surface area contributed by atoms with Gasteiger partial charge in [-0.05, 0) is 26.2 Å². The van der Waals surface area contributed by atoms with Gasteiger partial charge in [0, 0.05) is 0 Å². The highest BCUT2D eigenvalue weighted by Crippen LogP contribution is 2.22. The minimum absolute atomic E-state index is 0.0000839. The van der Waals surface area contributed by atoms with E-state index in [4.69, 9.17) is 4.74 Å². The number of carbonyl (C=O) groups excluding carboxylic acids is 1. The quantitative estimate of drug-likeness (QED) is 0.180. The summed E-state index contributed by atoms with van der Waals surface area (Å²) in [6, 6.07) is 0. The molecule has 2 nitrogen and oxygen atoms in total. The summed E-state index contributed by atoms with van der Waals surface area (Å²) in [7, 11) is 0. The largest absolute Gasteiger partial charge is 0.463 e. The molecular formula is C24H48O2. The van der Waals surface area contributed by atoms with Crippen molar-refractivity contribution in [2.75, 3.05) is 0 Å². The second kappa shape index (κ2) is 17.9. The van der Waals surface area contributed by atoms with Gasteiger partial charge in [-0.1, -0.05) is 111 Å². The zero-order chi connectivity index (χ0) is 19.6. The number of unbranched alkanes of at least 4 members (excludes halogenated alkanes) is 13. The molecule has 1 atom stereocenters. The summed E-state index contributed by atoms with van der Waals surface area (Å²) in [5.74, 6) is 0.461. The van der Waals surface area contributed by atoms with Gasteiger partial charge in [-0.25, -0.2) is 0 Å². The molecule has 0 N–H and O–H groups in total. The van der Waals surface area contributed by atoms with Gasteiger partial charge in [-0.15, -0.1) is 0 Å². The molecule has 0 fully saturated rings. The van der Waals surface area contributed by atoms with E-state index < -0.39 is 0 Å². The maximum atomic E-state index is 12.1. The van der Waals surface area contributed by atoms with Crippen LogP contribution in [-0.2, 0) is 9.53 Å². The smallest absolute Gasteiger partial charge is 0.309 e. The fourth-order valence-corrected chi connectivity index (χ4v) is 3.60. The van der Waals surface area contributed by atoms with E-state index in [1.54, 1.807) is 0 Å². The summed E-state index contributed by atoms with van der Waals surface area (Å²) >= 11 is 0. The first-order chi connectivity index (χ1) is 12.5. The van der Waals surface area contributed by atoms with Crippen LogP contribution in [0.25, 0.3) is 0 Å². The molecule has 156 valence electrons. The Hall–Kier alpha value is -0.530. The molecule has 0 saturated carbocycles. The molecule has 0 heterocycles. The number of hydrogen-bond acceptors (Lipinski definition) is 2. The van der Waals surface area contributed by atoms with E-state index in [0.29, 0.717) is 5.92 Å². The van der Waals surface area contributed by atoms with E-state index in [1.807, 2.05) is 13.8 Å². The van der Waals surface area contributed by atoms with Gasteiger partial charge in [0.2, 0.25) is 0 Å². The van der Waals surface area contributed by atoms with Crippen molar-refractivity contribution >= 4 is 5.97 Å². The number of hydrogen-bond donors (Lipinski definition) is 0. The molecule has 0 spiro atoms. The zero-order valence-electron chi connectivity index (χ0n) is 18.7. The third-order valence-corrected chi connectivity index (χ3v) is 5.33. The Morgan fingerprint density at radius 3 is 1.38 bits per heavy atom. The van der Waals surface area contributed by atoms with Crippen molar-refractivity contribution in [1.82, 2.24) is 0 Å². The average Bonchev–Trinajstić information content (AvgIpc) is 2.57. The number of carbonyl (C=O) groups is 1. The molecule has 0 saturated heterocycles.